The molecule has 0 spiro atoms. The minimum absolute atomic E-state index is 0.0614. The number of carbonyl (C=O) groups is 1. The lowest BCUT2D eigenvalue weighted by molar-refractivity contribution is 0.0697. The predicted octanol–water partition coefficient (Wildman–Crippen LogP) is 1.07. The maximum atomic E-state index is 11.8. The van der Waals surface area contributed by atoms with Crippen molar-refractivity contribution in [1.82, 2.24) is 4.98 Å². The Hall–Kier alpha value is -2.01. The van der Waals surface area contributed by atoms with Gasteiger partial charge in [0.25, 0.3) is 0 Å². The third kappa shape index (κ3) is 2.62. The van der Waals surface area contributed by atoms with E-state index in [9.17, 15) is 13.2 Å². The van der Waals surface area contributed by atoms with E-state index in [0.717, 1.165) is 0 Å². The van der Waals surface area contributed by atoms with Crippen LogP contribution in [-0.2, 0) is 10.0 Å². The van der Waals surface area contributed by atoms with Crippen molar-refractivity contribution in [2.45, 2.75) is 25.5 Å². The summed E-state index contributed by atoms with van der Waals surface area (Å²) in [6.45, 7) is 3.08. The van der Waals surface area contributed by atoms with Gasteiger partial charge in [-0.15, -0.1) is 0 Å². The third-order valence-electron chi connectivity index (χ3n) is 2.43. The zero-order valence-corrected chi connectivity index (χ0v) is 10.7. The Morgan fingerprint density at radius 2 is 2.28 bits per heavy atom. The molecule has 1 aromatic heterocycles. The number of aromatic amines is 1. The van der Waals surface area contributed by atoms with Gasteiger partial charge in [-0.3, -0.25) is 4.72 Å². The first kappa shape index (κ1) is 14.1. The second-order valence-corrected chi connectivity index (χ2v) is 5.54. The molecule has 0 bridgehead atoms. The van der Waals surface area contributed by atoms with Gasteiger partial charge in [-0.25, -0.2) is 13.2 Å². The highest BCUT2D eigenvalue weighted by Crippen LogP contribution is 2.21. The van der Waals surface area contributed by atoms with Crippen molar-refractivity contribution in [3.63, 3.8) is 0 Å². The molecule has 0 saturated heterocycles. The molecule has 3 N–H and O–H groups in total. The summed E-state index contributed by atoms with van der Waals surface area (Å²) in [5, 5.41) is 16.5. The molecule has 1 unspecified atom stereocenters. The Morgan fingerprint density at radius 3 is 2.72 bits per heavy atom. The van der Waals surface area contributed by atoms with E-state index in [-0.39, 0.29) is 17.7 Å². The number of carboxylic acids is 1. The van der Waals surface area contributed by atoms with Crippen LogP contribution in [0.4, 0.5) is 5.69 Å². The Morgan fingerprint density at radius 1 is 1.67 bits per heavy atom. The number of anilines is 1. The highest BCUT2D eigenvalue weighted by Gasteiger charge is 2.26. The predicted molar refractivity (Wildman–Crippen MR) is 64.7 cm³/mol. The van der Waals surface area contributed by atoms with Crippen LogP contribution < -0.4 is 4.72 Å². The molecule has 0 fully saturated rings. The van der Waals surface area contributed by atoms with Crippen molar-refractivity contribution in [1.29, 1.82) is 5.26 Å². The number of nitrogens with zero attached hydrogens (tertiary/aromatic N) is 1. The van der Waals surface area contributed by atoms with Gasteiger partial charge in [-0.05, 0) is 13.3 Å². The molecule has 1 atom stereocenters. The molecule has 0 aromatic carbocycles. The maximum absolute atomic E-state index is 11.8. The van der Waals surface area contributed by atoms with Gasteiger partial charge >= 0.3 is 5.97 Å². The molecule has 18 heavy (non-hydrogen) atoms. The van der Waals surface area contributed by atoms with Crippen LogP contribution in [-0.4, -0.2) is 29.7 Å². The number of hydrogen-bond acceptors (Lipinski definition) is 4. The van der Waals surface area contributed by atoms with Gasteiger partial charge in [0, 0.05) is 11.9 Å². The van der Waals surface area contributed by atoms with Crippen molar-refractivity contribution >= 4 is 21.7 Å². The lowest BCUT2D eigenvalue weighted by Gasteiger charge is -2.10. The first-order valence-corrected chi connectivity index (χ1v) is 6.70. The number of carboxylic acid groups (broad SMARTS) is 1. The molecule has 1 rings (SSSR count). The number of aromatic nitrogens is 1. The summed E-state index contributed by atoms with van der Waals surface area (Å²) < 4.78 is 25.7. The number of nitriles is 1. The van der Waals surface area contributed by atoms with Gasteiger partial charge in [0.2, 0.25) is 10.0 Å². The Kier molecular flexibility index (Phi) is 3.98. The summed E-state index contributed by atoms with van der Waals surface area (Å²) in [4.78, 5) is 13.6. The molecule has 7 nitrogen and oxygen atoms in total. The summed E-state index contributed by atoms with van der Waals surface area (Å²) in [5.74, 6) is -1.24. The van der Waals surface area contributed by atoms with Gasteiger partial charge < -0.3 is 10.1 Å². The van der Waals surface area contributed by atoms with Crippen molar-refractivity contribution in [3.05, 3.63) is 17.5 Å². The normalized spacial score (nSPS) is 12.7. The molecule has 0 aliphatic carbocycles. The van der Waals surface area contributed by atoms with E-state index in [1.807, 2.05) is 0 Å². The first-order valence-electron chi connectivity index (χ1n) is 5.16. The lowest BCUT2D eigenvalue weighted by atomic mass is 10.2. The smallest absolute Gasteiger partial charge is 0.339 e. The van der Waals surface area contributed by atoms with Crippen LogP contribution in [0.3, 0.4) is 0 Å². The topological polar surface area (TPSA) is 123 Å². The number of rotatable bonds is 5. The molecule has 1 aromatic rings. The molecule has 98 valence electrons. The Labute approximate surface area is 104 Å². The van der Waals surface area contributed by atoms with Crippen LogP contribution in [0.1, 0.15) is 29.4 Å². The van der Waals surface area contributed by atoms with Crippen molar-refractivity contribution in [2.75, 3.05) is 4.72 Å². The largest absolute Gasteiger partial charge is 0.478 e. The van der Waals surface area contributed by atoms with Gasteiger partial charge in [0.05, 0.1) is 11.8 Å². The summed E-state index contributed by atoms with van der Waals surface area (Å²) in [7, 11) is -3.91. The van der Waals surface area contributed by atoms with Crippen LogP contribution in [0.2, 0.25) is 0 Å². The van der Waals surface area contributed by atoms with Crippen LogP contribution in [0, 0.1) is 18.3 Å². The van der Waals surface area contributed by atoms with E-state index in [1.165, 1.54) is 13.1 Å². The van der Waals surface area contributed by atoms with Crippen LogP contribution in [0.25, 0.3) is 0 Å². The molecular weight excluding hydrogens is 258 g/mol. The number of aryl methyl sites for hydroxylation is 1. The fourth-order valence-corrected chi connectivity index (χ4v) is 2.67. The van der Waals surface area contributed by atoms with E-state index in [4.69, 9.17) is 10.4 Å². The summed E-state index contributed by atoms with van der Waals surface area (Å²) in [5.41, 5.74) is 0.130. The quantitative estimate of drug-likeness (QED) is 0.739. The van der Waals surface area contributed by atoms with E-state index in [1.54, 1.807) is 13.0 Å². The summed E-state index contributed by atoms with van der Waals surface area (Å²) >= 11 is 0. The third-order valence-corrected chi connectivity index (χ3v) is 4.13. The zero-order valence-electron chi connectivity index (χ0n) is 9.89. The van der Waals surface area contributed by atoms with Gasteiger partial charge in [0.1, 0.15) is 5.56 Å². The highest BCUT2D eigenvalue weighted by molar-refractivity contribution is 7.93. The molecule has 0 aliphatic heterocycles. The number of H-pyrrole nitrogens is 1. The molecule has 0 aliphatic rings. The number of aromatic carboxylic acids is 1. The average molecular weight is 271 g/mol. The van der Waals surface area contributed by atoms with E-state index >= 15 is 0 Å². The van der Waals surface area contributed by atoms with Crippen LogP contribution in [0.5, 0.6) is 0 Å². The van der Waals surface area contributed by atoms with Gasteiger partial charge in [0.15, 0.2) is 5.25 Å². The minimum Gasteiger partial charge on any atom is -0.478 e. The molecule has 8 heteroatoms. The zero-order chi connectivity index (χ0) is 13.9. The van der Waals surface area contributed by atoms with Gasteiger partial charge in [-0.1, -0.05) is 6.92 Å². The number of nitrogens with one attached hydrogen (secondary N) is 2. The van der Waals surface area contributed by atoms with E-state index < -0.39 is 21.2 Å². The first-order chi connectivity index (χ1) is 8.33. The monoisotopic (exact) mass is 271 g/mol. The maximum Gasteiger partial charge on any atom is 0.339 e. The molecular formula is C10H13N3O4S. The van der Waals surface area contributed by atoms with Crippen LogP contribution >= 0.6 is 0 Å². The molecule has 0 radical (unpaired) electrons. The summed E-state index contributed by atoms with van der Waals surface area (Å²) in [6, 6.07) is 1.66. The molecule has 0 amide bonds. The highest BCUT2D eigenvalue weighted by atomic mass is 32.2. The SMILES string of the molecule is CCC(C#N)S(=O)(=O)Nc1c[nH]c(C)c1C(=O)O. The number of sulfonamides is 1. The van der Waals surface area contributed by atoms with Crippen molar-refractivity contribution < 1.29 is 18.3 Å². The Balaban J connectivity index is 3.14. The van der Waals surface area contributed by atoms with E-state index in [0.29, 0.717) is 5.69 Å². The van der Waals surface area contributed by atoms with E-state index in [2.05, 4.69) is 9.71 Å². The molecule has 1 heterocycles. The van der Waals surface area contributed by atoms with Crippen LogP contribution in [0.15, 0.2) is 6.20 Å². The Bertz CT molecular complexity index is 597. The summed E-state index contributed by atoms with van der Waals surface area (Å²) in [6.07, 6.45) is 1.37. The second kappa shape index (κ2) is 5.10. The van der Waals surface area contributed by atoms with Crippen molar-refractivity contribution in [2.24, 2.45) is 0 Å². The number of hydrogen-bond donors (Lipinski definition) is 3. The van der Waals surface area contributed by atoms with Gasteiger partial charge in [-0.2, -0.15) is 5.26 Å². The molecule has 0 saturated carbocycles. The fraction of sp³-hybridized carbons (Fsp3) is 0.400. The average Bonchev–Trinajstić information content (AvgIpc) is 2.60. The minimum atomic E-state index is -3.91. The second-order valence-electron chi connectivity index (χ2n) is 3.68. The van der Waals surface area contributed by atoms with Crippen molar-refractivity contribution in [3.8, 4) is 6.07 Å². The fourth-order valence-electron chi connectivity index (χ4n) is 1.49. The lowest BCUT2D eigenvalue weighted by Crippen LogP contribution is -2.26. The standard InChI is InChI=1S/C10H13N3O4S/c1-3-7(4-11)18(16,17)13-8-5-12-6(2)9(8)10(14)15/h5,7,12-13H,3H2,1-2H3,(H,14,15).